The number of rotatable bonds is 4. The van der Waals surface area contributed by atoms with Crippen molar-refractivity contribution >= 4 is 6.03 Å². The van der Waals surface area contributed by atoms with Crippen LogP contribution in [-0.4, -0.2) is 11.0 Å². The van der Waals surface area contributed by atoms with E-state index in [0.717, 1.165) is 11.1 Å². The fourth-order valence-corrected chi connectivity index (χ4v) is 1.91. The number of urea groups is 1. The summed E-state index contributed by atoms with van der Waals surface area (Å²) in [5, 5.41) is 5.53. The van der Waals surface area contributed by atoms with Crippen molar-refractivity contribution in [3.8, 4) is 0 Å². The van der Waals surface area contributed by atoms with Crippen molar-refractivity contribution in [2.75, 3.05) is 0 Å². The van der Waals surface area contributed by atoms with Gasteiger partial charge >= 0.3 is 6.03 Å². The zero-order chi connectivity index (χ0) is 15.2. The number of aryl methyl sites for hydroxylation is 1. The molecule has 0 aliphatic carbocycles. The number of hydrogen-bond acceptors (Lipinski definition) is 2. The van der Waals surface area contributed by atoms with Crippen LogP contribution in [0.3, 0.4) is 0 Å². The standard InChI is InChI=1S/C16H18FN3O/c1-11-3-4-13(9-15(11)17)10-19-16(21)20-12(2)14-5-7-18-8-6-14/h3-9,12H,10H2,1-2H3,(H2,19,20,21)/t12-/m0/s1. The molecule has 5 heteroatoms. The van der Waals surface area contributed by atoms with E-state index in [1.165, 1.54) is 6.07 Å². The summed E-state index contributed by atoms with van der Waals surface area (Å²) in [6.07, 6.45) is 3.36. The van der Waals surface area contributed by atoms with Gasteiger partial charge in [-0.15, -0.1) is 0 Å². The Morgan fingerprint density at radius 1 is 1.29 bits per heavy atom. The Morgan fingerprint density at radius 2 is 2.00 bits per heavy atom. The van der Waals surface area contributed by atoms with Gasteiger partial charge in [-0.25, -0.2) is 9.18 Å². The van der Waals surface area contributed by atoms with Gasteiger partial charge in [0.2, 0.25) is 0 Å². The molecule has 4 nitrogen and oxygen atoms in total. The van der Waals surface area contributed by atoms with Gasteiger partial charge in [0.25, 0.3) is 0 Å². The Labute approximate surface area is 123 Å². The minimum atomic E-state index is -0.291. The summed E-state index contributed by atoms with van der Waals surface area (Å²) in [6, 6.07) is 8.21. The highest BCUT2D eigenvalue weighted by atomic mass is 19.1. The lowest BCUT2D eigenvalue weighted by Crippen LogP contribution is -2.36. The molecule has 2 amide bonds. The van der Waals surface area contributed by atoms with Crippen LogP contribution in [0.4, 0.5) is 9.18 Å². The maximum absolute atomic E-state index is 13.4. The number of amides is 2. The highest BCUT2D eigenvalue weighted by Gasteiger charge is 2.09. The summed E-state index contributed by atoms with van der Waals surface area (Å²) in [7, 11) is 0. The second-order valence-corrected chi connectivity index (χ2v) is 4.91. The number of carbonyl (C=O) groups excluding carboxylic acids is 1. The number of halogens is 1. The molecule has 0 fully saturated rings. The van der Waals surface area contributed by atoms with Crippen molar-refractivity contribution in [2.45, 2.75) is 26.4 Å². The molecule has 0 unspecified atom stereocenters. The molecule has 2 rings (SSSR count). The second kappa shape index (κ2) is 6.83. The number of nitrogens with zero attached hydrogens (tertiary/aromatic N) is 1. The lowest BCUT2D eigenvalue weighted by molar-refractivity contribution is 0.237. The summed E-state index contributed by atoms with van der Waals surface area (Å²) in [5.41, 5.74) is 2.29. The van der Waals surface area contributed by atoms with Crippen molar-refractivity contribution in [2.24, 2.45) is 0 Å². The quantitative estimate of drug-likeness (QED) is 0.908. The maximum atomic E-state index is 13.4. The van der Waals surface area contributed by atoms with Gasteiger partial charge in [0.15, 0.2) is 0 Å². The van der Waals surface area contributed by atoms with E-state index in [2.05, 4.69) is 15.6 Å². The summed E-state index contributed by atoms with van der Waals surface area (Å²) < 4.78 is 13.4. The summed E-state index contributed by atoms with van der Waals surface area (Å²) in [5.74, 6) is -0.264. The molecule has 1 atom stereocenters. The Kier molecular flexibility index (Phi) is 4.87. The van der Waals surface area contributed by atoms with Crippen LogP contribution in [0.5, 0.6) is 0 Å². The number of aromatic nitrogens is 1. The minimum Gasteiger partial charge on any atom is -0.334 e. The Hall–Kier alpha value is -2.43. The zero-order valence-electron chi connectivity index (χ0n) is 12.1. The third kappa shape index (κ3) is 4.27. The Balaban J connectivity index is 1.86. The topological polar surface area (TPSA) is 54.0 Å². The van der Waals surface area contributed by atoms with E-state index in [1.54, 1.807) is 31.5 Å². The molecule has 21 heavy (non-hydrogen) atoms. The maximum Gasteiger partial charge on any atom is 0.315 e. The van der Waals surface area contributed by atoms with Crippen LogP contribution in [0.25, 0.3) is 0 Å². The summed E-state index contributed by atoms with van der Waals surface area (Å²) >= 11 is 0. The van der Waals surface area contributed by atoms with Gasteiger partial charge < -0.3 is 10.6 Å². The molecule has 0 saturated carbocycles. The second-order valence-electron chi connectivity index (χ2n) is 4.91. The van der Waals surface area contributed by atoms with E-state index in [-0.39, 0.29) is 24.4 Å². The molecular weight excluding hydrogens is 269 g/mol. The van der Waals surface area contributed by atoms with Crippen LogP contribution < -0.4 is 10.6 Å². The number of carbonyl (C=O) groups is 1. The SMILES string of the molecule is Cc1ccc(CNC(=O)N[C@@H](C)c2ccncc2)cc1F. The third-order valence-electron chi connectivity index (χ3n) is 3.24. The predicted octanol–water partition coefficient (Wildman–Crippen LogP) is 3.09. The average Bonchev–Trinajstić information content (AvgIpc) is 2.49. The molecular formula is C16H18FN3O. The fraction of sp³-hybridized carbons (Fsp3) is 0.250. The molecule has 1 heterocycles. The van der Waals surface area contributed by atoms with E-state index in [0.29, 0.717) is 5.56 Å². The van der Waals surface area contributed by atoms with Gasteiger partial charge in [-0.1, -0.05) is 12.1 Å². The average molecular weight is 287 g/mol. The van der Waals surface area contributed by atoms with E-state index in [4.69, 9.17) is 0 Å². The van der Waals surface area contributed by atoms with Crippen LogP contribution in [0.1, 0.15) is 29.7 Å². The first kappa shape index (κ1) is 15.0. The monoisotopic (exact) mass is 287 g/mol. The van der Waals surface area contributed by atoms with Gasteiger partial charge in [0.05, 0.1) is 6.04 Å². The highest BCUT2D eigenvalue weighted by Crippen LogP contribution is 2.10. The molecule has 1 aromatic carbocycles. The predicted molar refractivity (Wildman–Crippen MR) is 79.2 cm³/mol. The van der Waals surface area contributed by atoms with Crippen LogP contribution in [-0.2, 0) is 6.54 Å². The highest BCUT2D eigenvalue weighted by molar-refractivity contribution is 5.74. The summed E-state index contributed by atoms with van der Waals surface area (Å²) in [6.45, 7) is 3.88. The molecule has 0 bridgehead atoms. The summed E-state index contributed by atoms with van der Waals surface area (Å²) in [4.78, 5) is 15.8. The van der Waals surface area contributed by atoms with Crippen molar-refractivity contribution in [1.82, 2.24) is 15.6 Å². The van der Waals surface area contributed by atoms with Gasteiger partial charge in [-0.05, 0) is 48.7 Å². The van der Waals surface area contributed by atoms with Crippen molar-refractivity contribution in [3.05, 3.63) is 65.2 Å². The number of hydrogen-bond donors (Lipinski definition) is 2. The van der Waals surface area contributed by atoms with E-state index < -0.39 is 0 Å². The Bertz CT molecular complexity index is 616. The lowest BCUT2D eigenvalue weighted by Gasteiger charge is -2.15. The van der Waals surface area contributed by atoms with E-state index >= 15 is 0 Å². The fourth-order valence-electron chi connectivity index (χ4n) is 1.91. The van der Waals surface area contributed by atoms with Crippen molar-refractivity contribution in [3.63, 3.8) is 0 Å². The molecule has 0 radical (unpaired) electrons. The first-order valence-corrected chi connectivity index (χ1v) is 6.75. The molecule has 0 aliphatic heterocycles. The molecule has 1 aromatic heterocycles. The third-order valence-corrected chi connectivity index (χ3v) is 3.24. The minimum absolute atomic E-state index is 0.122. The van der Waals surface area contributed by atoms with Crippen LogP contribution in [0, 0.1) is 12.7 Å². The lowest BCUT2D eigenvalue weighted by atomic mass is 10.1. The number of nitrogens with one attached hydrogen (secondary N) is 2. The Morgan fingerprint density at radius 3 is 2.67 bits per heavy atom. The molecule has 0 aliphatic rings. The number of benzene rings is 1. The van der Waals surface area contributed by atoms with Gasteiger partial charge in [0.1, 0.15) is 5.82 Å². The molecule has 2 N–H and O–H groups in total. The van der Waals surface area contributed by atoms with Crippen LogP contribution in [0.15, 0.2) is 42.7 Å². The van der Waals surface area contributed by atoms with Crippen LogP contribution in [0.2, 0.25) is 0 Å². The largest absolute Gasteiger partial charge is 0.334 e. The van der Waals surface area contributed by atoms with Crippen molar-refractivity contribution in [1.29, 1.82) is 0 Å². The smallest absolute Gasteiger partial charge is 0.315 e. The molecule has 110 valence electrons. The van der Waals surface area contributed by atoms with Gasteiger partial charge in [-0.2, -0.15) is 0 Å². The van der Waals surface area contributed by atoms with Gasteiger partial charge in [-0.3, -0.25) is 4.98 Å². The normalized spacial score (nSPS) is 11.8. The van der Waals surface area contributed by atoms with Gasteiger partial charge in [0, 0.05) is 18.9 Å². The zero-order valence-corrected chi connectivity index (χ0v) is 12.1. The van der Waals surface area contributed by atoms with E-state index in [1.807, 2.05) is 19.1 Å². The molecule has 0 saturated heterocycles. The first-order chi connectivity index (χ1) is 10.1. The first-order valence-electron chi connectivity index (χ1n) is 6.75. The molecule has 2 aromatic rings. The van der Waals surface area contributed by atoms with E-state index in [9.17, 15) is 9.18 Å². The molecule has 0 spiro atoms. The number of pyridine rings is 1. The van der Waals surface area contributed by atoms with Crippen LogP contribution >= 0.6 is 0 Å². The van der Waals surface area contributed by atoms with Crippen molar-refractivity contribution < 1.29 is 9.18 Å².